The van der Waals surface area contributed by atoms with E-state index in [9.17, 15) is 13.5 Å². The Morgan fingerprint density at radius 3 is 2.05 bits per heavy atom. The summed E-state index contributed by atoms with van der Waals surface area (Å²) in [6.45, 7) is 2.47. The minimum absolute atomic E-state index is 0. The fourth-order valence-electron chi connectivity index (χ4n) is 1.94. The summed E-state index contributed by atoms with van der Waals surface area (Å²) in [5, 5.41) is 9.76. The molecular formula is C13H21NNaO6S. The van der Waals surface area contributed by atoms with Gasteiger partial charge in [0, 0.05) is 66.5 Å². The third kappa shape index (κ3) is 7.17. The van der Waals surface area contributed by atoms with Gasteiger partial charge in [0.1, 0.15) is 17.3 Å². The average Bonchev–Trinajstić information content (AvgIpc) is 2.42. The maximum absolute atomic E-state index is 10.8. The monoisotopic (exact) mass is 342 g/mol. The summed E-state index contributed by atoms with van der Waals surface area (Å²) in [6, 6.07) is 5.23. The summed E-state index contributed by atoms with van der Waals surface area (Å²) in [4.78, 5) is 1.76. The second-order valence-electron chi connectivity index (χ2n) is 4.51. The Morgan fingerprint density at radius 2 is 1.68 bits per heavy atom. The minimum Gasteiger partial charge on any atom is -0.497 e. The van der Waals surface area contributed by atoms with Crippen molar-refractivity contribution in [1.29, 1.82) is 0 Å². The van der Waals surface area contributed by atoms with Crippen LogP contribution >= 0.6 is 0 Å². The van der Waals surface area contributed by atoms with E-state index in [2.05, 4.69) is 0 Å². The number of likely N-dealkylation sites (N-methyl/N-ethyl adjacent to an activating group) is 1. The van der Waals surface area contributed by atoms with Gasteiger partial charge in [0.2, 0.25) is 0 Å². The summed E-state index contributed by atoms with van der Waals surface area (Å²) in [6.07, 6.45) is -1.20. The molecule has 0 amide bonds. The van der Waals surface area contributed by atoms with E-state index in [4.69, 9.17) is 14.0 Å². The molecule has 2 N–H and O–H groups in total. The van der Waals surface area contributed by atoms with Crippen LogP contribution in [0, 0.1) is 0 Å². The quantitative estimate of drug-likeness (QED) is 0.521. The second kappa shape index (κ2) is 9.59. The number of hydrogen-bond acceptors (Lipinski definition) is 6. The zero-order chi connectivity index (χ0) is 16.0. The van der Waals surface area contributed by atoms with Crippen LogP contribution < -0.4 is 14.4 Å². The zero-order valence-electron chi connectivity index (χ0n) is 13.3. The van der Waals surface area contributed by atoms with Gasteiger partial charge in [-0.05, 0) is 6.92 Å². The molecule has 0 aromatic heterocycles. The van der Waals surface area contributed by atoms with Gasteiger partial charge in [-0.1, -0.05) is 0 Å². The van der Waals surface area contributed by atoms with Crippen LogP contribution in [0.2, 0.25) is 0 Å². The van der Waals surface area contributed by atoms with E-state index >= 15 is 0 Å². The molecule has 0 bridgehead atoms. The normalized spacial score (nSPS) is 12.2. The van der Waals surface area contributed by atoms with Crippen LogP contribution in [0.25, 0.3) is 0 Å². The van der Waals surface area contributed by atoms with Crippen LogP contribution in [0.15, 0.2) is 18.2 Å². The van der Waals surface area contributed by atoms with Gasteiger partial charge < -0.3 is 19.5 Å². The van der Waals surface area contributed by atoms with Crippen molar-refractivity contribution in [2.45, 2.75) is 13.0 Å². The maximum atomic E-state index is 10.8. The Hall–Kier alpha value is -0.510. The summed E-state index contributed by atoms with van der Waals surface area (Å²) in [5.74, 6) is 0.476. The predicted octanol–water partition coefficient (Wildman–Crippen LogP) is 0.398. The molecule has 1 rings (SSSR count). The molecule has 0 saturated heterocycles. The molecule has 1 atom stereocenters. The topological polar surface area (TPSA) is 96.3 Å². The molecule has 9 heteroatoms. The molecule has 1 unspecified atom stereocenters. The Bertz CT molecular complexity index is 543. The molecule has 0 fully saturated rings. The van der Waals surface area contributed by atoms with Crippen molar-refractivity contribution in [3.63, 3.8) is 0 Å². The minimum atomic E-state index is -4.21. The summed E-state index contributed by atoms with van der Waals surface area (Å²) >= 11 is 0. The van der Waals surface area contributed by atoms with E-state index in [-0.39, 0.29) is 36.1 Å². The van der Waals surface area contributed by atoms with Crippen molar-refractivity contribution >= 4 is 45.4 Å². The first-order chi connectivity index (χ1) is 9.78. The number of hydrogen-bond donors (Lipinski definition) is 2. The Labute approximate surface area is 153 Å². The van der Waals surface area contributed by atoms with Crippen LogP contribution in [0.5, 0.6) is 11.5 Å². The van der Waals surface area contributed by atoms with Crippen LogP contribution in [0.1, 0.15) is 6.92 Å². The van der Waals surface area contributed by atoms with Gasteiger partial charge in [0.25, 0.3) is 10.1 Å². The molecule has 121 valence electrons. The van der Waals surface area contributed by atoms with E-state index in [1.807, 2.05) is 6.92 Å². The van der Waals surface area contributed by atoms with Crippen molar-refractivity contribution < 1.29 is 27.6 Å². The van der Waals surface area contributed by atoms with E-state index < -0.39 is 22.0 Å². The van der Waals surface area contributed by atoms with E-state index in [1.165, 1.54) is 14.2 Å². The number of anilines is 1. The van der Waals surface area contributed by atoms with Crippen molar-refractivity contribution in [3.05, 3.63) is 18.2 Å². The summed E-state index contributed by atoms with van der Waals surface area (Å²) in [7, 11) is -1.15. The molecule has 22 heavy (non-hydrogen) atoms. The second-order valence-corrected chi connectivity index (χ2v) is 6.01. The number of benzene rings is 1. The third-order valence-electron chi connectivity index (χ3n) is 2.92. The van der Waals surface area contributed by atoms with E-state index in [0.29, 0.717) is 18.0 Å². The van der Waals surface area contributed by atoms with E-state index in [1.54, 1.807) is 23.1 Å². The molecule has 1 aromatic rings. The van der Waals surface area contributed by atoms with Gasteiger partial charge in [0.15, 0.2) is 0 Å². The SMILES string of the molecule is CCN(CC(O)CS(=O)(=O)O)c1cc(OC)cc(OC)c1.[Na]. The Balaban J connectivity index is 0.00000441. The molecule has 7 nitrogen and oxygen atoms in total. The maximum Gasteiger partial charge on any atom is 0.267 e. The van der Waals surface area contributed by atoms with Crippen LogP contribution in [0.3, 0.4) is 0 Å². The van der Waals surface area contributed by atoms with Gasteiger partial charge in [-0.15, -0.1) is 0 Å². The molecule has 1 radical (unpaired) electrons. The number of rotatable bonds is 8. The average molecular weight is 342 g/mol. The van der Waals surface area contributed by atoms with Crippen LogP contribution in [-0.4, -0.2) is 86.8 Å². The van der Waals surface area contributed by atoms with Crippen molar-refractivity contribution in [2.75, 3.05) is 38.0 Å². The Morgan fingerprint density at radius 1 is 1.18 bits per heavy atom. The van der Waals surface area contributed by atoms with Gasteiger partial charge in [-0.2, -0.15) is 8.42 Å². The van der Waals surface area contributed by atoms with Crippen LogP contribution in [0.4, 0.5) is 5.69 Å². The number of aliphatic hydroxyl groups is 1. The van der Waals surface area contributed by atoms with Crippen molar-refractivity contribution in [1.82, 2.24) is 0 Å². The summed E-state index contributed by atoms with van der Waals surface area (Å²) in [5.41, 5.74) is 0.725. The number of nitrogens with zero attached hydrogens (tertiary/aromatic N) is 1. The van der Waals surface area contributed by atoms with Crippen molar-refractivity contribution in [2.24, 2.45) is 0 Å². The van der Waals surface area contributed by atoms with Crippen LogP contribution in [-0.2, 0) is 10.1 Å². The fourth-order valence-corrected chi connectivity index (χ4v) is 2.53. The van der Waals surface area contributed by atoms with Crippen molar-refractivity contribution in [3.8, 4) is 11.5 Å². The van der Waals surface area contributed by atoms with E-state index in [0.717, 1.165) is 5.69 Å². The zero-order valence-corrected chi connectivity index (χ0v) is 16.1. The van der Waals surface area contributed by atoms with Gasteiger partial charge >= 0.3 is 0 Å². The molecule has 0 aliphatic heterocycles. The molecule has 0 aliphatic carbocycles. The fraction of sp³-hybridized carbons (Fsp3) is 0.538. The first-order valence-electron chi connectivity index (χ1n) is 6.40. The molecule has 1 aromatic carbocycles. The van der Waals surface area contributed by atoms with Gasteiger partial charge in [-0.3, -0.25) is 4.55 Å². The van der Waals surface area contributed by atoms with Gasteiger partial charge in [-0.25, -0.2) is 0 Å². The number of ether oxygens (including phenoxy) is 2. The molecule has 0 heterocycles. The predicted molar refractivity (Wildman–Crippen MR) is 85.6 cm³/mol. The molecular weight excluding hydrogens is 321 g/mol. The molecule has 0 aliphatic rings. The number of methoxy groups -OCH3 is 2. The number of aliphatic hydroxyl groups excluding tert-OH is 1. The largest absolute Gasteiger partial charge is 0.497 e. The Kier molecular flexibility index (Phi) is 9.37. The van der Waals surface area contributed by atoms with Gasteiger partial charge in [0.05, 0.1) is 20.3 Å². The third-order valence-corrected chi connectivity index (χ3v) is 3.72. The summed E-state index contributed by atoms with van der Waals surface area (Å²) < 4.78 is 40.7. The first-order valence-corrected chi connectivity index (χ1v) is 8.01. The molecule has 0 saturated carbocycles. The molecule has 0 spiro atoms. The standard InChI is InChI=1S/C13H21NO6S.Na/c1-4-14(8-11(15)9-21(16,17)18)10-5-12(19-2)7-13(6-10)20-3;/h5-7,11,15H,4,8-9H2,1-3H3,(H,16,17,18);. The smallest absolute Gasteiger partial charge is 0.267 e. The first kappa shape index (κ1) is 21.5.